The van der Waals surface area contributed by atoms with E-state index in [1.807, 2.05) is 12.4 Å². The molecule has 1 aliphatic carbocycles. The van der Waals surface area contributed by atoms with Crippen molar-refractivity contribution in [1.29, 1.82) is 0 Å². The molecule has 0 unspecified atom stereocenters. The molecule has 1 aliphatic heterocycles. The average Bonchev–Trinajstić information content (AvgIpc) is 3.26. The number of benzene rings is 1. The van der Waals surface area contributed by atoms with Crippen molar-refractivity contribution >= 4 is 23.0 Å². The van der Waals surface area contributed by atoms with Crippen LogP contribution in [0.15, 0.2) is 30.6 Å². The third kappa shape index (κ3) is 9.76. The van der Waals surface area contributed by atoms with Gasteiger partial charge in [-0.15, -0.1) is 0 Å². The summed E-state index contributed by atoms with van der Waals surface area (Å²) in [6.45, 7) is 6.46. The maximum Gasteiger partial charge on any atom is 0.490 e. The van der Waals surface area contributed by atoms with Gasteiger partial charge in [0.2, 0.25) is 0 Å². The van der Waals surface area contributed by atoms with Crippen LogP contribution in [0.5, 0.6) is 0 Å². The Kier molecular flexibility index (Phi) is 11.3. The van der Waals surface area contributed by atoms with Gasteiger partial charge in [0, 0.05) is 45.3 Å². The molecule has 0 radical (unpaired) electrons. The first-order valence-corrected chi connectivity index (χ1v) is 11.8. The van der Waals surface area contributed by atoms with Gasteiger partial charge in [0.25, 0.3) is 0 Å². The van der Waals surface area contributed by atoms with Crippen LogP contribution in [-0.2, 0) is 16.1 Å². The van der Waals surface area contributed by atoms with Crippen molar-refractivity contribution in [2.75, 3.05) is 32.7 Å². The number of nitrogens with zero attached hydrogens (tertiary/aromatic N) is 4. The monoisotopic (exact) mass is 556 g/mol. The van der Waals surface area contributed by atoms with E-state index >= 15 is 0 Å². The van der Waals surface area contributed by atoms with Gasteiger partial charge in [-0.3, -0.25) is 9.80 Å². The summed E-state index contributed by atoms with van der Waals surface area (Å²) in [5, 5.41) is 24.5. The Morgan fingerprint density at radius 3 is 1.92 bits per heavy atom. The number of aromatic nitrogens is 2. The minimum Gasteiger partial charge on any atom is -0.475 e. The Balaban J connectivity index is 0.000000301. The van der Waals surface area contributed by atoms with Crippen LogP contribution < -0.4 is 0 Å². The van der Waals surface area contributed by atoms with E-state index in [2.05, 4.69) is 37.5 Å². The Morgan fingerprint density at radius 1 is 0.868 bits per heavy atom. The average molecular weight is 557 g/mol. The second-order valence-electron chi connectivity index (χ2n) is 8.83. The molecule has 2 atom stereocenters. The van der Waals surface area contributed by atoms with Crippen molar-refractivity contribution < 1.29 is 51.3 Å². The van der Waals surface area contributed by atoms with E-state index in [-0.39, 0.29) is 6.10 Å². The zero-order valence-electron chi connectivity index (χ0n) is 20.3. The van der Waals surface area contributed by atoms with Gasteiger partial charge in [-0.2, -0.15) is 26.3 Å². The summed E-state index contributed by atoms with van der Waals surface area (Å²) in [5.74, 6) is -5.51. The molecule has 0 amide bonds. The maximum absolute atomic E-state index is 10.6. The number of halogens is 6. The van der Waals surface area contributed by atoms with Crippen LogP contribution in [0, 0.1) is 0 Å². The summed E-state index contributed by atoms with van der Waals surface area (Å²) < 4.78 is 65.7. The summed E-state index contributed by atoms with van der Waals surface area (Å²) in [4.78, 5) is 27.3. The number of hydrogen-bond acceptors (Lipinski definition) is 6. The number of alkyl halides is 6. The molecule has 2 aliphatic rings. The molecule has 4 rings (SSSR count). The van der Waals surface area contributed by atoms with Crippen molar-refractivity contribution in [2.24, 2.45) is 0 Å². The zero-order chi connectivity index (χ0) is 28.5. The topological polar surface area (TPSA) is 119 Å². The van der Waals surface area contributed by atoms with Gasteiger partial charge in [-0.1, -0.05) is 25.0 Å². The van der Waals surface area contributed by atoms with Gasteiger partial charge in [-0.05, 0) is 25.0 Å². The number of aliphatic hydroxyl groups excluding tert-OH is 1. The second-order valence-corrected chi connectivity index (χ2v) is 8.83. The third-order valence-corrected chi connectivity index (χ3v) is 6.24. The summed E-state index contributed by atoms with van der Waals surface area (Å²) in [7, 11) is 0. The number of carbonyl (C=O) groups is 2. The number of aliphatic carboxylic acids is 2. The lowest BCUT2D eigenvalue weighted by Gasteiger charge is -2.42. The van der Waals surface area contributed by atoms with Gasteiger partial charge in [-0.25, -0.2) is 14.6 Å². The Bertz CT molecular complexity index is 1010. The molecule has 3 N–H and O–H groups in total. The van der Waals surface area contributed by atoms with Crippen LogP contribution in [-0.4, -0.2) is 104 Å². The largest absolute Gasteiger partial charge is 0.490 e. The molecule has 2 aromatic rings. The van der Waals surface area contributed by atoms with Crippen molar-refractivity contribution in [1.82, 2.24) is 19.4 Å². The Hall–Kier alpha value is -2.91. The van der Waals surface area contributed by atoms with Crippen LogP contribution in [0.3, 0.4) is 0 Å². The molecule has 214 valence electrons. The molecule has 0 bridgehead atoms. The molecule has 1 saturated carbocycles. The predicted octanol–water partition coefficient (Wildman–Crippen LogP) is 3.22. The number of para-hydroxylation sites is 2. The fourth-order valence-electron chi connectivity index (χ4n) is 4.27. The summed E-state index contributed by atoms with van der Waals surface area (Å²) in [6, 6.07) is 8.73. The van der Waals surface area contributed by atoms with E-state index in [1.54, 1.807) is 0 Å². The number of aliphatic hydroxyl groups is 1. The highest BCUT2D eigenvalue weighted by molar-refractivity contribution is 5.75. The number of fused-ring (bicyclic) bond motifs is 1. The van der Waals surface area contributed by atoms with Gasteiger partial charge in [0.15, 0.2) is 0 Å². The van der Waals surface area contributed by atoms with Crippen molar-refractivity contribution in [3.63, 3.8) is 0 Å². The van der Waals surface area contributed by atoms with Crippen LogP contribution in [0.4, 0.5) is 26.3 Å². The first-order chi connectivity index (χ1) is 17.7. The van der Waals surface area contributed by atoms with E-state index in [1.165, 1.54) is 24.8 Å². The SMILES string of the molecule is O=C(O)C(F)(F)F.O=C(O)C(F)(F)F.O[C@H]1CCCC[C@@H]1N1CCN(CCn2cnc3ccccc32)CC1. The Labute approximate surface area is 214 Å². The van der Waals surface area contributed by atoms with Crippen LogP contribution in [0.2, 0.25) is 0 Å². The predicted molar refractivity (Wildman–Crippen MR) is 123 cm³/mol. The first kappa shape index (κ1) is 31.3. The number of hydrogen-bond donors (Lipinski definition) is 3. The lowest BCUT2D eigenvalue weighted by molar-refractivity contribution is -0.193. The number of carboxylic acid groups (broad SMARTS) is 2. The summed E-state index contributed by atoms with van der Waals surface area (Å²) in [5.41, 5.74) is 2.30. The summed E-state index contributed by atoms with van der Waals surface area (Å²) >= 11 is 0. The molecule has 2 fully saturated rings. The van der Waals surface area contributed by atoms with Crippen LogP contribution >= 0.6 is 0 Å². The first-order valence-electron chi connectivity index (χ1n) is 11.8. The van der Waals surface area contributed by atoms with Gasteiger partial charge >= 0.3 is 24.3 Å². The van der Waals surface area contributed by atoms with E-state index < -0.39 is 24.3 Å². The highest BCUT2D eigenvalue weighted by atomic mass is 19.4. The number of carboxylic acids is 2. The molecular formula is C23H30F6N4O5. The highest BCUT2D eigenvalue weighted by Crippen LogP contribution is 2.24. The normalized spacial score (nSPS) is 21.1. The van der Waals surface area contributed by atoms with Crippen molar-refractivity contribution in [3.8, 4) is 0 Å². The highest BCUT2D eigenvalue weighted by Gasteiger charge is 2.39. The van der Waals surface area contributed by atoms with E-state index in [0.29, 0.717) is 6.04 Å². The quantitative estimate of drug-likeness (QED) is 0.492. The van der Waals surface area contributed by atoms with E-state index in [9.17, 15) is 31.4 Å². The van der Waals surface area contributed by atoms with Crippen LogP contribution in [0.25, 0.3) is 11.0 Å². The van der Waals surface area contributed by atoms with Crippen molar-refractivity contribution in [3.05, 3.63) is 30.6 Å². The molecule has 9 nitrogen and oxygen atoms in total. The maximum atomic E-state index is 10.6. The smallest absolute Gasteiger partial charge is 0.475 e. The lowest BCUT2D eigenvalue weighted by atomic mass is 9.91. The minimum atomic E-state index is -5.08. The standard InChI is InChI=1S/C19H28N4O.2C2HF3O2/c24-19-8-4-3-7-18(19)22-12-9-21(10-13-22)11-14-23-15-20-16-5-1-2-6-17(16)23;2*3-2(4,5)1(6)7/h1-2,5-6,15,18-19,24H,3-4,7-14H2;2*(H,6,7)/t18-,19-;;/m0../s1. The fourth-order valence-corrected chi connectivity index (χ4v) is 4.27. The lowest BCUT2D eigenvalue weighted by Crippen LogP contribution is -2.54. The molecule has 0 spiro atoms. The van der Waals surface area contributed by atoms with Crippen molar-refractivity contribution in [2.45, 2.75) is 56.7 Å². The number of piperazine rings is 1. The zero-order valence-corrected chi connectivity index (χ0v) is 20.3. The van der Waals surface area contributed by atoms with E-state index in [0.717, 1.165) is 51.2 Å². The number of rotatable bonds is 4. The second kappa shape index (κ2) is 13.8. The summed E-state index contributed by atoms with van der Waals surface area (Å²) in [6.07, 6.45) is -3.70. The van der Waals surface area contributed by atoms with Crippen LogP contribution in [0.1, 0.15) is 25.7 Å². The molecule has 1 aromatic carbocycles. The van der Waals surface area contributed by atoms with Gasteiger partial charge in [0.1, 0.15) is 0 Å². The molecule has 38 heavy (non-hydrogen) atoms. The van der Waals surface area contributed by atoms with E-state index in [4.69, 9.17) is 19.8 Å². The number of imidazole rings is 1. The molecule has 2 heterocycles. The molecule has 1 saturated heterocycles. The fraction of sp³-hybridized carbons (Fsp3) is 0.609. The molecular weight excluding hydrogens is 526 g/mol. The van der Waals surface area contributed by atoms with Gasteiger partial charge < -0.3 is 19.9 Å². The van der Waals surface area contributed by atoms with Gasteiger partial charge in [0.05, 0.1) is 23.5 Å². The third-order valence-electron chi connectivity index (χ3n) is 6.24. The Morgan fingerprint density at radius 2 is 1.39 bits per heavy atom. The molecule has 15 heteroatoms. The minimum absolute atomic E-state index is 0.109. The molecule has 1 aromatic heterocycles.